The Hall–Kier alpha value is -1.85. The monoisotopic (exact) mass is 222 g/mol. The van der Waals surface area contributed by atoms with Crippen LogP contribution in [-0.4, -0.2) is 34.2 Å². The van der Waals surface area contributed by atoms with Crippen LogP contribution >= 0.6 is 0 Å². The van der Waals surface area contributed by atoms with E-state index in [0.29, 0.717) is 18.5 Å². The van der Waals surface area contributed by atoms with Crippen molar-refractivity contribution in [2.75, 3.05) is 6.54 Å². The van der Waals surface area contributed by atoms with Crippen LogP contribution in [0.25, 0.3) is 0 Å². The van der Waals surface area contributed by atoms with Crippen LogP contribution in [0, 0.1) is 0 Å². The van der Waals surface area contributed by atoms with Crippen LogP contribution in [0.15, 0.2) is 12.4 Å². The zero-order valence-corrected chi connectivity index (χ0v) is 9.06. The van der Waals surface area contributed by atoms with E-state index >= 15 is 0 Å². The Morgan fingerprint density at radius 2 is 2.50 bits per heavy atom. The molecule has 1 aliphatic rings. The maximum absolute atomic E-state index is 11.7. The number of aryl methyl sites for hydroxylation is 1. The van der Waals surface area contributed by atoms with Crippen molar-refractivity contribution in [3.05, 3.63) is 18.0 Å². The van der Waals surface area contributed by atoms with Crippen molar-refractivity contribution in [2.45, 2.75) is 18.9 Å². The number of nitrogens with zero attached hydrogens (tertiary/aromatic N) is 2. The predicted molar refractivity (Wildman–Crippen MR) is 56.7 cm³/mol. The smallest absolute Gasteiger partial charge is 0.255 e. The number of aromatic nitrogens is 2. The first kappa shape index (κ1) is 10.7. The van der Waals surface area contributed by atoms with E-state index in [1.165, 1.54) is 6.20 Å². The van der Waals surface area contributed by atoms with Gasteiger partial charge in [-0.2, -0.15) is 5.10 Å². The first-order valence-electron chi connectivity index (χ1n) is 5.24. The zero-order chi connectivity index (χ0) is 11.5. The molecule has 1 aromatic heterocycles. The minimum absolute atomic E-state index is 0.108. The molecule has 2 heterocycles. The lowest BCUT2D eigenvalue weighted by molar-refractivity contribution is -0.124. The van der Waals surface area contributed by atoms with Crippen molar-refractivity contribution >= 4 is 11.8 Å². The van der Waals surface area contributed by atoms with Crippen molar-refractivity contribution in [2.24, 2.45) is 7.05 Å². The minimum atomic E-state index is -0.415. The van der Waals surface area contributed by atoms with E-state index in [1.54, 1.807) is 17.9 Å². The van der Waals surface area contributed by atoms with Crippen molar-refractivity contribution in [3.63, 3.8) is 0 Å². The van der Waals surface area contributed by atoms with Crippen LogP contribution in [0.5, 0.6) is 0 Å². The van der Waals surface area contributed by atoms with Crippen molar-refractivity contribution in [1.82, 2.24) is 20.4 Å². The van der Waals surface area contributed by atoms with Gasteiger partial charge in [-0.1, -0.05) is 0 Å². The summed E-state index contributed by atoms with van der Waals surface area (Å²) in [6.07, 6.45) is 4.69. The molecule has 1 fully saturated rings. The number of piperidine rings is 1. The van der Waals surface area contributed by atoms with Gasteiger partial charge in [0.05, 0.1) is 11.8 Å². The maximum atomic E-state index is 11.7. The van der Waals surface area contributed by atoms with Crippen LogP contribution in [0.3, 0.4) is 0 Å². The van der Waals surface area contributed by atoms with E-state index in [-0.39, 0.29) is 11.8 Å². The van der Waals surface area contributed by atoms with Crippen molar-refractivity contribution < 1.29 is 9.59 Å². The standard InChI is InChI=1S/C10H14N4O2/c1-14-6-7(5-12-14)9(15)13-8-3-2-4-11-10(8)16/h5-6,8H,2-4H2,1H3,(H,11,16)(H,13,15). The first-order valence-corrected chi connectivity index (χ1v) is 5.24. The zero-order valence-electron chi connectivity index (χ0n) is 9.06. The molecule has 1 aromatic rings. The molecule has 2 rings (SSSR count). The summed E-state index contributed by atoms with van der Waals surface area (Å²) < 4.78 is 1.55. The van der Waals surface area contributed by atoms with Gasteiger partial charge in [-0.05, 0) is 12.8 Å². The second-order valence-corrected chi connectivity index (χ2v) is 3.86. The fourth-order valence-electron chi connectivity index (χ4n) is 1.69. The van der Waals surface area contributed by atoms with E-state index < -0.39 is 6.04 Å². The van der Waals surface area contributed by atoms with Gasteiger partial charge in [0.15, 0.2) is 0 Å². The summed E-state index contributed by atoms with van der Waals surface area (Å²) in [5.41, 5.74) is 0.473. The van der Waals surface area contributed by atoms with Crippen LogP contribution in [-0.2, 0) is 11.8 Å². The van der Waals surface area contributed by atoms with Gasteiger partial charge in [0.1, 0.15) is 6.04 Å². The Balaban J connectivity index is 1.99. The predicted octanol–water partition coefficient (Wildman–Crippen LogP) is -0.571. The molecule has 2 amide bonds. The van der Waals surface area contributed by atoms with Gasteiger partial charge in [-0.15, -0.1) is 0 Å². The van der Waals surface area contributed by atoms with Crippen molar-refractivity contribution in [1.29, 1.82) is 0 Å². The molecule has 0 spiro atoms. The maximum Gasteiger partial charge on any atom is 0.255 e. The van der Waals surface area contributed by atoms with Gasteiger partial charge in [-0.3, -0.25) is 14.3 Å². The lowest BCUT2D eigenvalue weighted by Gasteiger charge is -2.22. The molecule has 2 N–H and O–H groups in total. The van der Waals surface area contributed by atoms with Crippen LogP contribution < -0.4 is 10.6 Å². The Bertz CT molecular complexity index is 413. The van der Waals surface area contributed by atoms with Crippen LogP contribution in [0.2, 0.25) is 0 Å². The van der Waals surface area contributed by atoms with Gasteiger partial charge in [0, 0.05) is 19.8 Å². The van der Waals surface area contributed by atoms with Gasteiger partial charge >= 0.3 is 0 Å². The third-order valence-corrected chi connectivity index (χ3v) is 2.56. The molecule has 86 valence electrons. The highest BCUT2D eigenvalue weighted by Crippen LogP contribution is 2.04. The SMILES string of the molecule is Cn1cc(C(=O)NC2CCCNC2=O)cn1. The van der Waals surface area contributed by atoms with E-state index in [2.05, 4.69) is 15.7 Å². The highest BCUT2D eigenvalue weighted by molar-refractivity contribution is 5.97. The minimum Gasteiger partial charge on any atom is -0.354 e. The summed E-state index contributed by atoms with van der Waals surface area (Å²) in [5, 5.41) is 9.32. The van der Waals surface area contributed by atoms with E-state index in [9.17, 15) is 9.59 Å². The summed E-state index contributed by atoms with van der Waals surface area (Å²) in [4.78, 5) is 23.1. The highest BCUT2D eigenvalue weighted by atomic mass is 16.2. The molecular formula is C10H14N4O2. The first-order chi connectivity index (χ1) is 7.66. The Kier molecular flexibility index (Phi) is 2.89. The summed E-state index contributed by atoms with van der Waals surface area (Å²) in [7, 11) is 1.74. The summed E-state index contributed by atoms with van der Waals surface area (Å²) in [5.74, 6) is -0.362. The number of carbonyl (C=O) groups excluding carboxylic acids is 2. The number of nitrogens with one attached hydrogen (secondary N) is 2. The molecule has 1 saturated heterocycles. The number of amides is 2. The average Bonchev–Trinajstić information content (AvgIpc) is 2.68. The third kappa shape index (κ3) is 2.21. The molecule has 6 nitrogen and oxygen atoms in total. The topological polar surface area (TPSA) is 76.0 Å². The lowest BCUT2D eigenvalue weighted by Crippen LogP contribution is -2.50. The molecule has 1 aliphatic heterocycles. The summed E-state index contributed by atoms with van der Waals surface area (Å²) in [6.45, 7) is 0.693. The normalized spacial score (nSPS) is 20.3. The Morgan fingerprint density at radius 3 is 3.12 bits per heavy atom. The summed E-state index contributed by atoms with van der Waals surface area (Å²) in [6, 6.07) is -0.415. The number of rotatable bonds is 2. The quantitative estimate of drug-likeness (QED) is 0.703. The van der Waals surface area contributed by atoms with E-state index in [0.717, 1.165) is 6.42 Å². The third-order valence-electron chi connectivity index (χ3n) is 2.56. The molecule has 1 atom stereocenters. The fourth-order valence-corrected chi connectivity index (χ4v) is 1.69. The molecule has 1 unspecified atom stereocenters. The molecule has 0 radical (unpaired) electrons. The Morgan fingerprint density at radius 1 is 1.69 bits per heavy atom. The van der Waals surface area contributed by atoms with E-state index in [4.69, 9.17) is 0 Å². The lowest BCUT2D eigenvalue weighted by atomic mass is 10.1. The highest BCUT2D eigenvalue weighted by Gasteiger charge is 2.24. The number of hydrogen-bond acceptors (Lipinski definition) is 3. The van der Waals surface area contributed by atoms with Gasteiger partial charge in [0.25, 0.3) is 5.91 Å². The Labute approximate surface area is 93.0 Å². The van der Waals surface area contributed by atoms with Crippen molar-refractivity contribution in [3.8, 4) is 0 Å². The molecule has 16 heavy (non-hydrogen) atoms. The molecule has 6 heteroatoms. The summed E-state index contributed by atoms with van der Waals surface area (Å²) >= 11 is 0. The second-order valence-electron chi connectivity index (χ2n) is 3.86. The molecular weight excluding hydrogens is 208 g/mol. The van der Waals surface area contributed by atoms with Gasteiger partial charge < -0.3 is 10.6 Å². The molecule has 0 aromatic carbocycles. The molecule has 0 aliphatic carbocycles. The molecule has 0 saturated carbocycles. The number of hydrogen-bond donors (Lipinski definition) is 2. The molecule has 0 bridgehead atoms. The average molecular weight is 222 g/mol. The van der Waals surface area contributed by atoms with Gasteiger partial charge in [-0.25, -0.2) is 0 Å². The fraction of sp³-hybridized carbons (Fsp3) is 0.500. The van der Waals surface area contributed by atoms with E-state index in [1.807, 2.05) is 0 Å². The van der Waals surface area contributed by atoms with Crippen LogP contribution in [0.4, 0.5) is 0 Å². The largest absolute Gasteiger partial charge is 0.354 e. The second kappa shape index (κ2) is 4.34. The van der Waals surface area contributed by atoms with Gasteiger partial charge in [0.2, 0.25) is 5.91 Å². The number of carbonyl (C=O) groups is 2. The van der Waals surface area contributed by atoms with Crippen LogP contribution in [0.1, 0.15) is 23.2 Å².